The molecule has 2 saturated heterocycles. The van der Waals surface area contributed by atoms with Gasteiger partial charge in [-0.3, -0.25) is 4.90 Å². The number of aromatic nitrogens is 1. The Kier molecular flexibility index (Phi) is 3.59. The van der Waals surface area contributed by atoms with Crippen LogP contribution >= 0.6 is 11.3 Å². The van der Waals surface area contributed by atoms with E-state index in [-0.39, 0.29) is 0 Å². The van der Waals surface area contributed by atoms with Crippen LogP contribution in [-0.2, 0) is 4.74 Å². The number of thiazole rings is 1. The molecular formula is C12H18N2O2S. The SMILES string of the molecule is c1csc(OC2CCN(C3CCOCC3)C2)n1. The Morgan fingerprint density at radius 1 is 1.35 bits per heavy atom. The van der Waals surface area contributed by atoms with Crippen molar-refractivity contribution in [3.63, 3.8) is 0 Å². The lowest BCUT2D eigenvalue weighted by atomic mass is 10.1. The number of ether oxygens (including phenoxy) is 2. The maximum Gasteiger partial charge on any atom is 0.273 e. The Morgan fingerprint density at radius 2 is 2.24 bits per heavy atom. The van der Waals surface area contributed by atoms with E-state index < -0.39 is 0 Å². The van der Waals surface area contributed by atoms with Crippen molar-refractivity contribution in [1.82, 2.24) is 9.88 Å². The Morgan fingerprint density at radius 3 is 3.00 bits per heavy atom. The lowest BCUT2D eigenvalue weighted by Gasteiger charge is -2.30. The van der Waals surface area contributed by atoms with Gasteiger partial charge in [0.15, 0.2) is 0 Å². The van der Waals surface area contributed by atoms with Gasteiger partial charge in [0.2, 0.25) is 0 Å². The Hall–Kier alpha value is -0.650. The zero-order valence-corrected chi connectivity index (χ0v) is 10.7. The summed E-state index contributed by atoms with van der Waals surface area (Å²) in [6.45, 7) is 4.03. The van der Waals surface area contributed by atoms with Gasteiger partial charge in [-0.2, -0.15) is 0 Å². The normalized spacial score (nSPS) is 27.4. The van der Waals surface area contributed by atoms with E-state index in [2.05, 4.69) is 9.88 Å². The first-order valence-electron chi connectivity index (χ1n) is 6.30. The fraction of sp³-hybridized carbons (Fsp3) is 0.750. The van der Waals surface area contributed by atoms with Gasteiger partial charge in [0.05, 0.1) is 0 Å². The molecule has 1 aromatic heterocycles. The number of likely N-dealkylation sites (tertiary alicyclic amines) is 1. The second kappa shape index (κ2) is 5.33. The minimum atomic E-state index is 0.323. The van der Waals surface area contributed by atoms with Crippen molar-refractivity contribution in [3.8, 4) is 5.19 Å². The molecule has 1 atom stereocenters. The van der Waals surface area contributed by atoms with Gasteiger partial charge < -0.3 is 9.47 Å². The predicted molar refractivity (Wildman–Crippen MR) is 66.6 cm³/mol. The second-order valence-corrected chi connectivity index (χ2v) is 5.52. The highest BCUT2D eigenvalue weighted by molar-refractivity contribution is 7.11. The maximum absolute atomic E-state index is 5.87. The van der Waals surface area contributed by atoms with Crippen LogP contribution in [0.25, 0.3) is 0 Å². The average Bonchev–Trinajstić information content (AvgIpc) is 3.02. The summed E-state index contributed by atoms with van der Waals surface area (Å²) < 4.78 is 11.3. The fourth-order valence-corrected chi connectivity index (χ4v) is 3.19. The number of rotatable bonds is 3. The smallest absolute Gasteiger partial charge is 0.273 e. The molecule has 2 fully saturated rings. The van der Waals surface area contributed by atoms with Crippen LogP contribution in [0.15, 0.2) is 11.6 Å². The highest BCUT2D eigenvalue weighted by Gasteiger charge is 2.30. The molecule has 0 aliphatic carbocycles. The van der Waals surface area contributed by atoms with Gasteiger partial charge in [-0.1, -0.05) is 11.3 Å². The summed E-state index contributed by atoms with van der Waals surface area (Å²) in [6, 6.07) is 0.702. The molecule has 3 heterocycles. The van der Waals surface area contributed by atoms with Crippen molar-refractivity contribution in [2.45, 2.75) is 31.4 Å². The average molecular weight is 254 g/mol. The number of hydrogen-bond acceptors (Lipinski definition) is 5. The van der Waals surface area contributed by atoms with Crippen LogP contribution < -0.4 is 4.74 Å². The summed E-state index contributed by atoms with van der Waals surface area (Å²) >= 11 is 1.57. The van der Waals surface area contributed by atoms with Crippen LogP contribution in [0.4, 0.5) is 0 Å². The largest absolute Gasteiger partial charge is 0.465 e. The van der Waals surface area contributed by atoms with Gasteiger partial charge in [0, 0.05) is 43.9 Å². The lowest BCUT2D eigenvalue weighted by molar-refractivity contribution is 0.0387. The van der Waals surface area contributed by atoms with Crippen molar-refractivity contribution in [2.75, 3.05) is 26.3 Å². The Bertz CT molecular complexity index is 338. The quantitative estimate of drug-likeness (QED) is 0.823. The van der Waals surface area contributed by atoms with E-state index in [9.17, 15) is 0 Å². The molecule has 0 aromatic carbocycles. The molecule has 2 aliphatic heterocycles. The number of nitrogens with zero attached hydrogens (tertiary/aromatic N) is 2. The van der Waals surface area contributed by atoms with Gasteiger partial charge in [-0.25, -0.2) is 4.98 Å². The van der Waals surface area contributed by atoms with Gasteiger partial charge in [-0.05, 0) is 19.3 Å². The third-order valence-corrected chi connectivity index (χ3v) is 4.22. The molecule has 0 bridgehead atoms. The molecule has 0 radical (unpaired) electrons. The van der Waals surface area contributed by atoms with Crippen LogP contribution in [0.3, 0.4) is 0 Å². The highest BCUT2D eigenvalue weighted by Crippen LogP contribution is 2.24. The minimum absolute atomic E-state index is 0.323. The van der Waals surface area contributed by atoms with Crippen LogP contribution in [0, 0.1) is 0 Å². The molecular weight excluding hydrogens is 236 g/mol. The van der Waals surface area contributed by atoms with Crippen LogP contribution in [0.5, 0.6) is 5.19 Å². The topological polar surface area (TPSA) is 34.6 Å². The first kappa shape index (κ1) is 11.4. The molecule has 94 valence electrons. The summed E-state index contributed by atoms with van der Waals surface area (Å²) in [5.41, 5.74) is 0. The fourth-order valence-electron chi connectivity index (χ4n) is 2.64. The monoisotopic (exact) mass is 254 g/mol. The van der Waals surface area contributed by atoms with Gasteiger partial charge in [0.25, 0.3) is 5.19 Å². The van der Waals surface area contributed by atoms with Crippen LogP contribution in [0.1, 0.15) is 19.3 Å². The molecule has 0 amide bonds. The van der Waals surface area contributed by atoms with E-state index in [1.165, 1.54) is 12.8 Å². The van der Waals surface area contributed by atoms with Crippen LogP contribution in [-0.4, -0.2) is 48.3 Å². The predicted octanol–water partition coefficient (Wildman–Crippen LogP) is 1.78. The summed E-state index contributed by atoms with van der Waals surface area (Å²) in [6.07, 6.45) is 5.58. The minimum Gasteiger partial charge on any atom is -0.465 e. The highest BCUT2D eigenvalue weighted by atomic mass is 32.1. The number of hydrogen-bond donors (Lipinski definition) is 0. The van der Waals surface area contributed by atoms with E-state index in [0.29, 0.717) is 12.1 Å². The molecule has 0 saturated carbocycles. The molecule has 4 nitrogen and oxygen atoms in total. The standard InChI is InChI=1S/C12H18N2O2S/c1-5-14(10-2-6-15-7-3-10)9-11(1)16-12-13-4-8-17-12/h4,8,10-11H,1-3,5-7,9H2. The van der Waals surface area contributed by atoms with Gasteiger partial charge in [-0.15, -0.1) is 0 Å². The summed E-state index contributed by atoms with van der Waals surface area (Å²) in [5, 5.41) is 2.77. The molecule has 5 heteroatoms. The summed E-state index contributed by atoms with van der Waals surface area (Å²) in [5.74, 6) is 0. The third-order valence-electron chi connectivity index (χ3n) is 3.56. The van der Waals surface area contributed by atoms with E-state index in [0.717, 1.165) is 37.9 Å². The first-order chi connectivity index (χ1) is 8.42. The van der Waals surface area contributed by atoms with Crippen molar-refractivity contribution in [1.29, 1.82) is 0 Å². The molecule has 0 spiro atoms. The van der Waals surface area contributed by atoms with E-state index >= 15 is 0 Å². The first-order valence-corrected chi connectivity index (χ1v) is 7.18. The molecule has 17 heavy (non-hydrogen) atoms. The molecule has 2 aliphatic rings. The van der Waals surface area contributed by atoms with E-state index in [1.807, 2.05) is 5.38 Å². The zero-order valence-electron chi connectivity index (χ0n) is 9.88. The molecule has 0 N–H and O–H groups in total. The summed E-state index contributed by atoms with van der Waals surface area (Å²) in [7, 11) is 0. The Balaban J connectivity index is 1.51. The molecule has 3 rings (SSSR count). The van der Waals surface area contributed by atoms with Gasteiger partial charge in [0.1, 0.15) is 6.10 Å². The van der Waals surface area contributed by atoms with Crippen molar-refractivity contribution in [3.05, 3.63) is 11.6 Å². The zero-order chi connectivity index (χ0) is 11.5. The second-order valence-electron chi connectivity index (χ2n) is 4.67. The van der Waals surface area contributed by atoms with E-state index in [1.54, 1.807) is 17.5 Å². The lowest BCUT2D eigenvalue weighted by Crippen LogP contribution is -2.38. The maximum atomic E-state index is 5.87. The summed E-state index contributed by atoms with van der Waals surface area (Å²) in [4.78, 5) is 6.73. The van der Waals surface area contributed by atoms with Crippen molar-refractivity contribution in [2.24, 2.45) is 0 Å². The van der Waals surface area contributed by atoms with Gasteiger partial charge >= 0.3 is 0 Å². The van der Waals surface area contributed by atoms with E-state index in [4.69, 9.17) is 9.47 Å². The van der Waals surface area contributed by atoms with Crippen molar-refractivity contribution < 1.29 is 9.47 Å². The Labute approximate surface area is 106 Å². The molecule has 1 aromatic rings. The molecule has 1 unspecified atom stereocenters. The third kappa shape index (κ3) is 2.78. The van der Waals surface area contributed by atoms with Crippen LogP contribution in [0.2, 0.25) is 0 Å². The van der Waals surface area contributed by atoms with Crippen molar-refractivity contribution >= 4 is 11.3 Å².